The lowest BCUT2D eigenvalue weighted by molar-refractivity contribution is 0.469. The number of anilines is 1. The molecule has 0 fully saturated rings. The first kappa shape index (κ1) is 11.0. The van der Waals surface area contributed by atoms with Gasteiger partial charge in [-0.3, -0.25) is 4.68 Å². The number of nitrogens with two attached hydrogens (primary N) is 1. The maximum atomic E-state index is 5.71. The smallest absolute Gasteiger partial charge is 0.242 e. The molecule has 3 heterocycles. The van der Waals surface area contributed by atoms with Crippen LogP contribution in [0.4, 0.5) is 5.95 Å². The van der Waals surface area contributed by atoms with Gasteiger partial charge in [-0.2, -0.15) is 10.1 Å². The Labute approximate surface area is 107 Å². The van der Waals surface area contributed by atoms with Gasteiger partial charge in [-0.1, -0.05) is 0 Å². The zero-order chi connectivity index (χ0) is 12.5. The number of rotatable bonds is 3. The van der Waals surface area contributed by atoms with E-state index in [4.69, 9.17) is 10.5 Å². The van der Waals surface area contributed by atoms with Gasteiger partial charge >= 0.3 is 0 Å². The second-order valence-electron chi connectivity index (χ2n) is 3.66. The van der Waals surface area contributed by atoms with Gasteiger partial charge in [0.05, 0.1) is 17.9 Å². The van der Waals surface area contributed by atoms with Gasteiger partial charge in [0.1, 0.15) is 4.70 Å². The number of hydrogen-bond acceptors (Lipinski definition) is 6. The summed E-state index contributed by atoms with van der Waals surface area (Å²) in [6, 6.07) is 1.89. The quantitative estimate of drug-likeness (QED) is 0.782. The van der Waals surface area contributed by atoms with Crippen molar-refractivity contribution in [2.75, 3.05) is 5.73 Å². The molecule has 7 heteroatoms. The molecule has 2 N–H and O–H groups in total. The van der Waals surface area contributed by atoms with E-state index >= 15 is 0 Å². The first-order valence-electron chi connectivity index (χ1n) is 5.47. The molecule has 0 amide bonds. The normalized spacial score (nSPS) is 10.9. The summed E-state index contributed by atoms with van der Waals surface area (Å²) in [6.07, 6.45) is 3.47. The van der Waals surface area contributed by atoms with Gasteiger partial charge in [-0.15, -0.1) is 11.3 Å². The molecule has 0 aliphatic rings. The number of thiophene rings is 1. The maximum absolute atomic E-state index is 5.71. The molecule has 3 aromatic heterocycles. The second kappa shape index (κ2) is 4.26. The minimum atomic E-state index is 0.207. The monoisotopic (exact) mass is 261 g/mol. The molecule has 0 saturated carbocycles. The molecular formula is C11H11N5OS. The van der Waals surface area contributed by atoms with Crippen molar-refractivity contribution in [2.24, 2.45) is 0 Å². The highest BCUT2D eigenvalue weighted by Crippen LogP contribution is 2.31. The fraction of sp³-hybridized carbons (Fsp3) is 0.182. The van der Waals surface area contributed by atoms with Crippen LogP contribution in [0.3, 0.4) is 0 Å². The molecule has 0 atom stereocenters. The van der Waals surface area contributed by atoms with Crippen molar-refractivity contribution in [3.05, 3.63) is 23.8 Å². The molecule has 0 radical (unpaired) electrons. The third-order valence-corrected chi connectivity index (χ3v) is 3.33. The van der Waals surface area contributed by atoms with Crippen molar-refractivity contribution in [3.8, 4) is 11.6 Å². The summed E-state index contributed by atoms with van der Waals surface area (Å²) in [5, 5.41) is 6.07. The van der Waals surface area contributed by atoms with Crippen LogP contribution in [0.5, 0.6) is 11.6 Å². The number of aryl methyl sites for hydroxylation is 1. The summed E-state index contributed by atoms with van der Waals surface area (Å²) in [5.74, 6) is 1.33. The first-order valence-corrected chi connectivity index (χ1v) is 6.35. The largest absolute Gasteiger partial charge is 0.434 e. The number of hydrogen-bond donors (Lipinski definition) is 1. The van der Waals surface area contributed by atoms with Crippen molar-refractivity contribution in [3.63, 3.8) is 0 Å². The summed E-state index contributed by atoms with van der Waals surface area (Å²) in [7, 11) is 0. The highest BCUT2D eigenvalue weighted by Gasteiger charge is 2.10. The minimum absolute atomic E-state index is 0.207. The molecule has 0 aliphatic heterocycles. The first-order chi connectivity index (χ1) is 8.76. The van der Waals surface area contributed by atoms with Gasteiger partial charge in [-0.25, -0.2) is 4.98 Å². The molecule has 0 spiro atoms. The Hall–Kier alpha value is -2.15. The van der Waals surface area contributed by atoms with Crippen molar-refractivity contribution in [1.29, 1.82) is 0 Å². The van der Waals surface area contributed by atoms with Crippen LogP contribution < -0.4 is 10.5 Å². The van der Waals surface area contributed by atoms with Crippen molar-refractivity contribution in [2.45, 2.75) is 13.5 Å². The van der Waals surface area contributed by atoms with Crippen LogP contribution in [0.15, 0.2) is 23.8 Å². The van der Waals surface area contributed by atoms with Crippen LogP contribution in [0.25, 0.3) is 10.2 Å². The van der Waals surface area contributed by atoms with E-state index in [1.807, 2.05) is 24.6 Å². The molecule has 6 nitrogen and oxygen atoms in total. The van der Waals surface area contributed by atoms with E-state index in [-0.39, 0.29) is 5.95 Å². The summed E-state index contributed by atoms with van der Waals surface area (Å²) >= 11 is 1.52. The lowest BCUT2D eigenvalue weighted by Gasteiger charge is -2.03. The van der Waals surface area contributed by atoms with E-state index in [1.54, 1.807) is 10.9 Å². The lowest BCUT2D eigenvalue weighted by Crippen LogP contribution is -1.97. The fourth-order valence-electron chi connectivity index (χ4n) is 1.60. The van der Waals surface area contributed by atoms with E-state index in [0.29, 0.717) is 11.6 Å². The van der Waals surface area contributed by atoms with Crippen molar-refractivity contribution in [1.82, 2.24) is 19.7 Å². The Bertz CT molecular complexity index is 690. The molecule has 92 valence electrons. The van der Waals surface area contributed by atoms with Gasteiger partial charge in [-0.05, 0) is 18.4 Å². The van der Waals surface area contributed by atoms with Gasteiger partial charge in [0, 0.05) is 6.54 Å². The number of nitrogen functional groups attached to an aromatic ring is 1. The third-order valence-electron chi connectivity index (χ3n) is 2.44. The van der Waals surface area contributed by atoms with Crippen LogP contribution in [-0.4, -0.2) is 19.7 Å². The Morgan fingerprint density at radius 3 is 3.11 bits per heavy atom. The summed E-state index contributed by atoms with van der Waals surface area (Å²) in [4.78, 5) is 8.26. The molecule has 3 aromatic rings. The average Bonchev–Trinajstić information content (AvgIpc) is 2.97. The van der Waals surface area contributed by atoms with E-state index in [0.717, 1.165) is 16.8 Å². The van der Waals surface area contributed by atoms with Gasteiger partial charge in [0.15, 0.2) is 5.75 Å². The molecule has 18 heavy (non-hydrogen) atoms. The van der Waals surface area contributed by atoms with Crippen LogP contribution >= 0.6 is 11.3 Å². The Morgan fingerprint density at radius 2 is 2.33 bits per heavy atom. The number of nitrogens with zero attached hydrogens (tertiary/aromatic N) is 4. The van der Waals surface area contributed by atoms with E-state index < -0.39 is 0 Å². The Morgan fingerprint density at radius 1 is 1.44 bits per heavy atom. The average molecular weight is 261 g/mol. The fourth-order valence-corrected chi connectivity index (χ4v) is 2.36. The molecule has 0 saturated heterocycles. The van der Waals surface area contributed by atoms with Gasteiger partial charge in [0.25, 0.3) is 0 Å². The van der Waals surface area contributed by atoms with E-state index in [2.05, 4.69) is 15.1 Å². The number of fused-ring (bicyclic) bond motifs is 1. The zero-order valence-electron chi connectivity index (χ0n) is 9.70. The summed E-state index contributed by atoms with van der Waals surface area (Å²) < 4.78 is 8.38. The second-order valence-corrected chi connectivity index (χ2v) is 4.57. The topological polar surface area (TPSA) is 78.9 Å². The van der Waals surface area contributed by atoms with Crippen LogP contribution in [0, 0.1) is 0 Å². The van der Waals surface area contributed by atoms with Crippen LogP contribution in [0.1, 0.15) is 6.92 Å². The summed E-state index contributed by atoms with van der Waals surface area (Å²) in [5.41, 5.74) is 6.45. The predicted molar refractivity (Wildman–Crippen MR) is 69.8 cm³/mol. The highest BCUT2D eigenvalue weighted by molar-refractivity contribution is 7.17. The molecule has 3 rings (SSSR count). The van der Waals surface area contributed by atoms with Gasteiger partial charge in [0.2, 0.25) is 11.8 Å². The van der Waals surface area contributed by atoms with Crippen LogP contribution in [-0.2, 0) is 6.54 Å². The van der Waals surface area contributed by atoms with E-state index in [9.17, 15) is 0 Å². The molecule has 0 aliphatic carbocycles. The Balaban J connectivity index is 2.00. The zero-order valence-corrected chi connectivity index (χ0v) is 10.5. The molecule has 0 aromatic carbocycles. The van der Waals surface area contributed by atoms with Crippen molar-refractivity contribution < 1.29 is 4.74 Å². The minimum Gasteiger partial charge on any atom is -0.434 e. The standard InChI is InChI=1S/C11H11N5OS/c1-2-16-6-7(5-13-16)17-10-9-8(3-4-18-9)14-11(12)15-10/h3-6H,2H2,1H3,(H2,12,14,15). The van der Waals surface area contributed by atoms with Crippen LogP contribution in [0.2, 0.25) is 0 Å². The van der Waals surface area contributed by atoms with Gasteiger partial charge < -0.3 is 10.5 Å². The Kier molecular flexibility index (Phi) is 2.60. The molecule has 0 bridgehead atoms. The highest BCUT2D eigenvalue weighted by atomic mass is 32.1. The molecular weight excluding hydrogens is 250 g/mol. The molecule has 0 unspecified atom stereocenters. The summed E-state index contributed by atoms with van der Waals surface area (Å²) in [6.45, 7) is 2.81. The number of ether oxygens (including phenoxy) is 1. The number of aromatic nitrogens is 4. The van der Waals surface area contributed by atoms with Crippen molar-refractivity contribution >= 4 is 27.5 Å². The predicted octanol–water partition coefficient (Wildman–Crippen LogP) is 2.28. The SMILES string of the molecule is CCn1cc(Oc2nc(N)nc3ccsc23)cn1. The third kappa shape index (κ3) is 1.88. The maximum Gasteiger partial charge on any atom is 0.242 e. The van der Waals surface area contributed by atoms with E-state index in [1.165, 1.54) is 11.3 Å². The lowest BCUT2D eigenvalue weighted by atomic mass is 10.4.